The Labute approximate surface area is 141 Å². The molecule has 0 fully saturated rings. The molecule has 0 saturated carbocycles. The minimum absolute atomic E-state index is 0.00465. The summed E-state index contributed by atoms with van der Waals surface area (Å²) in [6, 6.07) is 8.09. The zero-order valence-corrected chi connectivity index (χ0v) is 12.9. The van der Waals surface area contributed by atoms with Crippen molar-refractivity contribution in [2.75, 3.05) is 11.9 Å². The van der Waals surface area contributed by atoms with Crippen LogP contribution in [-0.4, -0.2) is 38.1 Å². The van der Waals surface area contributed by atoms with E-state index in [-0.39, 0.29) is 30.6 Å². The molecule has 0 spiro atoms. The molecule has 3 aromatic rings. The molecule has 9 nitrogen and oxygen atoms in total. The molecule has 1 aliphatic heterocycles. The van der Waals surface area contributed by atoms with Gasteiger partial charge in [0.15, 0.2) is 12.3 Å². The van der Waals surface area contributed by atoms with Crippen molar-refractivity contribution in [1.29, 1.82) is 0 Å². The van der Waals surface area contributed by atoms with Gasteiger partial charge in [0.05, 0.1) is 11.9 Å². The summed E-state index contributed by atoms with van der Waals surface area (Å²) in [6.07, 6.45) is 1.48. The van der Waals surface area contributed by atoms with E-state index < -0.39 is 5.91 Å². The first-order valence-electron chi connectivity index (χ1n) is 7.48. The predicted molar refractivity (Wildman–Crippen MR) is 86.4 cm³/mol. The highest BCUT2D eigenvalue weighted by Crippen LogP contribution is 2.28. The molecule has 3 N–H and O–H groups in total. The Bertz CT molecular complexity index is 997. The molecule has 2 amide bonds. The molecule has 3 heterocycles. The minimum Gasteiger partial charge on any atom is -0.493 e. The van der Waals surface area contributed by atoms with Crippen LogP contribution in [0.4, 0.5) is 5.69 Å². The first kappa shape index (κ1) is 14.9. The van der Waals surface area contributed by atoms with Crippen LogP contribution in [0.2, 0.25) is 0 Å². The van der Waals surface area contributed by atoms with Gasteiger partial charge in [-0.3, -0.25) is 9.59 Å². The Hall–Kier alpha value is -3.62. The van der Waals surface area contributed by atoms with Gasteiger partial charge in [-0.1, -0.05) is 6.07 Å². The molecular formula is C16H13N5O4. The number of amides is 2. The van der Waals surface area contributed by atoms with Gasteiger partial charge in [-0.25, -0.2) is 4.98 Å². The first-order chi connectivity index (χ1) is 12.1. The van der Waals surface area contributed by atoms with Crippen LogP contribution < -0.4 is 15.4 Å². The fourth-order valence-corrected chi connectivity index (χ4v) is 2.53. The Morgan fingerprint density at radius 1 is 1.36 bits per heavy atom. The van der Waals surface area contributed by atoms with Crippen molar-refractivity contribution >= 4 is 23.1 Å². The molecule has 0 atom stereocenters. The van der Waals surface area contributed by atoms with E-state index in [9.17, 15) is 14.7 Å². The van der Waals surface area contributed by atoms with Crippen LogP contribution in [0.5, 0.6) is 11.6 Å². The Morgan fingerprint density at radius 2 is 2.24 bits per heavy atom. The van der Waals surface area contributed by atoms with Crippen molar-refractivity contribution in [3.63, 3.8) is 0 Å². The second-order valence-electron chi connectivity index (χ2n) is 5.45. The van der Waals surface area contributed by atoms with Crippen molar-refractivity contribution in [2.45, 2.75) is 6.54 Å². The van der Waals surface area contributed by atoms with E-state index in [4.69, 9.17) is 4.74 Å². The van der Waals surface area contributed by atoms with Crippen LogP contribution in [0.3, 0.4) is 0 Å². The van der Waals surface area contributed by atoms with Gasteiger partial charge in [0.25, 0.3) is 11.8 Å². The van der Waals surface area contributed by atoms with Gasteiger partial charge < -0.3 is 20.5 Å². The van der Waals surface area contributed by atoms with Gasteiger partial charge in [-0.2, -0.15) is 9.61 Å². The average Bonchev–Trinajstić information content (AvgIpc) is 3.08. The lowest BCUT2D eigenvalue weighted by Gasteiger charge is -2.18. The lowest BCUT2D eigenvalue weighted by Crippen LogP contribution is -2.26. The lowest BCUT2D eigenvalue weighted by molar-refractivity contribution is -0.118. The number of aromatic hydroxyl groups is 1. The number of anilines is 1. The van der Waals surface area contributed by atoms with Crippen molar-refractivity contribution in [3.8, 4) is 11.6 Å². The van der Waals surface area contributed by atoms with Crippen LogP contribution in [-0.2, 0) is 11.3 Å². The third-order valence-corrected chi connectivity index (χ3v) is 3.70. The highest BCUT2D eigenvalue weighted by molar-refractivity contribution is 5.95. The number of carbonyl (C=O) groups is 2. The van der Waals surface area contributed by atoms with Gasteiger partial charge in [-0.05, 0) is 17.7 Å². The fraction of sp³-hybridized carbons (Fsp3) is 0.125. The summed E-state index contributed by atoms with van der Waals surface area (Å²) in [6.45, 7) is 0.226. The van der Waals surface area contributed by atoms with Gasteiger partial charge in [0.1, 0.15) is 11.4 Å². The molecule has 0 radical (unpaired) electrons. The normalized spacial score (nSPS) is 13.0. The number of carbonyl (C=O) groups excluding carboxylic acids is 2. The summed E-state index contributed by atoms with van der Waals surface area (Å²) < 4.78 is 6.51. The van der Waals surface area contributed by atoms with Gasteiger partial charge in [0, 0.05) is 18.7 Å². The molecule has 0 saturated heterocycles. The Balaban J connectivity index is 1.49. The monoisotopic (exact) mass is 339 g/mol. The standard InChI is InChI=1S/C16H13N5O4/c22-14-8-25-12-2-1-9(5-10(12)20-14)7-17-16(24)11-6-15(23)21-13(19-11)3-4-18-21/h1-6,23H,7-8H2,(H,17,24)(H,20,22). The number of hydrogen-bond donors (Lipinski definition) is 3. The minimum atomic E-state index is -0.433. The molecule has 126 valence electrons. The zero-order chi connectivity index (χ0) is 17.4. The van der Waals surface area contributed by atoms with Crippen LogP contribution in [0, 0.1) is 0 Å². The van der Waals surface area contributed by atoms with E-state index in [1.54, 1.807) is 24.3 Å². The molecule has 1 aliphatic rings. The highest BCUT2D eigenvalue weighted by Gasteiger charge is 2.16. The number of benzene rings is 1. The summed E-state index contributed by atoms with van der Waals surface area (Å²) >= 11 is 0. The van der Waals surface area contributed by atoms with Crippen LogP contribution in [0.25, 0.3) is 5.65 Å². The number of fused-ring (bicyclic) bond motifs is 2. The van der Waals surface area contributed by atoms with Crippen molar-refractivity contribution < 1.29 is 19.4 Å². The number of rotatable bonds is 3. The number of nitrogens with zero attached hydrogens (tertiary/aromatic N) is 3. The van der Waals surface area contributed by atoms with Gasteiger partial charge >= 0.3 is 0 Å². The van der Waals surface area contributed by atoms with Crippen LogP contribution in [0.1, 0.15) is 16.1 Å². The molecule has 4 rings (SSSR count). The molecule has 0 unspecified atom stereocenters. The summed E-state index contributed by atoms with van der Waals surface area (Å²) in [7, 11) is 0. The molecular weight excluding hydrogens is 326 g/mol. The van der Waals surface area contributed by atoms with E-state index >= 15 is 0 Å². The maximum atomic E-state index is 12.3. The molecule has 25 heavy (non-hydrogen) atoms. The summed E-state index contributed by atoms with van der Waals surface area (Å²) in [5.41, 5.74) is 1.81. The molecule has 2 aromatic heterocycles. The molecule has 1 aromatic carbocycles. The zero-order valence-electron chi connectivity index (χ0n) is 12.9. The Morgan fingerprint density at radius 3 is 3.12 bits per heavy atom. The second kappa shape index (κ2) is 5.78. The van der Waals surface area contributed by atoms with Gasteiger partial charge in [0.2, 0.25) is 5.88 Å². The quantitative estimate of drug-likeness (QED) is 0.646. The largest absolute Gasteiger partial charge is 0.493 e. The number of aromatic nitrogens is 3. The third kappa shape index (κ3) is 2.82. The maximum absolute atomic E-state index is 12.3. The maximum Gasteiger partial charge on any atom is 0.270 e. The molecule has 0 bridgehead atoms. The van der Waals surface area contributed by atoms with E-state index in [0.29, 0.717) is 17.1 Å². The van der Waals surface area contributed by atoms with E-state index in [0.717, 1.165) is 5.56 Å². The first-order valence-corrected chi connectivity index (χ1v) is 7.48. The number of nitrogens with one attached hydrogen (secondary N) is 2. The number of ether oxygens (including phenoxy) is 1. The summed E-state index contributed by atoms with van der Waals surface area (Å²) in [5.74, 6) is -0.235. The van der Waals surface area contributed by atoms with Gasteiger partial charge in [-0.15, -0.1) is 0 Å². The summed E-state index contributed by atoms with van der Waals surface area (Å²) in [5, 5.41) is 19.2. The second-order valence-corrected chi connectivity index (χ2v) is 5.45. The number of hydrogen-bond acceptors (Lipinski definition) is 6. The van der Waals surface area contributed by atoms with E-state index in [1.165, 1.54) is 16.8 Å². The Kier molecular flexibility index (Phi) is 3.46. The van der Waals surface area contributed by atoms with Crippen LogP contribution in [0.15, 0.2) is 36.5 Å². The third-order valence-electron chi connectivity index (χ3n) is 3.70. The van der Waals surface area contributed by atoms with E-state index in [2.05, 4.69) is 20.7 Å². The summed E-state index contributed by atoms with van der Waals surface area (Å²) in [4.78, 5) is 27.8. The predicted octanol–water partition coefficient (Wildman–Crippen LogP) is 0.696. The van der Waals surface area contributed by atoms with Crippen molar-refractivity contribution in [2.24, 2.45) is 0 Å². The van der Waals surface area contributed by atoms with E-state index in [1.807, 2.05) is 0 Å². The molecule has 0 aliphatic carbocycles. The fourth-order valence-electron chi connectivity index (χ4n) is 2.53. The van der Waals surface area contributed by atoms with Crippen LogP contribution >= 0.6 is 0 Å². The topological polar surface area (TPSA) is 118 Å². The average molecular weight is 339 g/mol. The highest BCUT2D eigenvalue weighted by atomic mass is 16.5. The molecule has 9 heteroatoms. The van der Waals surface area contributed by atoms with Crippen molar-refractivity contribution in [1.82, 2.24) is 19.9 Å². The van der Waals surface area contributed by atoms with Crippen molar-refractivity contribution in [3.05, 3.63) is 47.8 Å². The lowest BCUT2D eigenvalue weighted by atomic mass is 10.1. The SMILES string of the molecule is O=C1COc2ccc(CNC(=O)c3cc(O)n4nccc4n3)cc2N1. The smallest absolute Gasteiger partial charge is 0.270 e.